The lowest BCUT2D eigenvalue weighted by Gasteiger charge is -2.16. The zero-order chi connectivity index (χ0) is 16.2. The van der Waals surface area contributed by atoms with Crippen molar-refractivity contribution in [1.82, 2.24) is 0 Å². The van der Waals surface area contributed by atoms with Crippen LogP contribution in [0.25, 0.3) is 0 Å². The Hall–Kier alpha value is -1.88. The quantitative estimate of drug-likeness (QED) is 0.647. The van der Waals surface area contributed by atoms with Crippen LogP contribution >= 0.6 is 0 Å². The van der Waals surface area contributed by atoms with Gasteiger partial charge in [0, 0.05) is 13.0 Å². The van der Waals surface area contributed by atoms with E-state index in [9.17, 15) is 5.11 Å². The minimum Gasteiger partial charge on any atom is -0.494 e. The van der Waals surface area contributed by atoms with Crippen molar-refractivity contribution in [2.75, 3.05) is 26.4 Å². The third-order valence-corrected chi connectivity index (χ3v) is 3.28. The van der Waals surface area contributed by atoms with Crippen LogP contribution in [0.5, 0.6) is 5.75 Å². The second-order valence-electron chi connectivity index (χ2n) is 5.19. The average Bonchev–Trinajstić information content (AvgIpc) is 2.62. The molecule has 0 radical (unpaired) electrons. The van der Waals surface area contributed by atoms with E-state index in [4.69, 9.17) is 14.2 Å². The van der Waals surface area contributed by atoms with Crippen LogP contribution in [-0.4, -0.2) is 37.6 Å². The number of benzene rings is 2. The maximum absolute atomic E-state index is 9.33. The Balaban J connectivity index is 1.53. The summed E-state index contributed by atoms with van der Waals surface area (Å²) in [6.07, 6.45) is 0.497. The lowest BCUT2D eigenvalue weighted by atomic mass is 10.2. The van der Waals surface area contributed by atoms with Crippen LogP contribution in [0.3, 0.4) is 0 Å². The molecule has 0 aliphatic rings. The molecule has 1 N–H and O–H groups in total. The Morgan fingerprint density at radius 2 is 1.57 bits per heavy atom. The fourth-order valence-corrected chi connectivity index (χ4v) is 2.02. The number of ether oxygens (including phenoxy) is 3. The predicted molar refractivity (Wildman–Crippen MR) is 89.5 cm³/mol. The largest absolute Gasteiger partial charge is 0.494 e. The topological polar surface area (TPSA) is 47.9 Å². The van der Waals surface area contributed by atoms with Gasteiger partial charge in [-0.1, -0.05) is 48.5 Å². The van der Waals surface area contributed by atoms with E-state index in [2.05, 4.69) is 0 Å². The SMILES string of the molecule is OC[C@H](COCCCOc1ccccc1)OCc1ccccc1. The van der Waals surface area contributed by atoms with Crippen LogP contribution < -0.4 is 4.74 Å². The molecule has 4 heteroatoms. The Morgan fingerprint density at radius 1 is 0.870 bits per heavy atom. The smallest absolute Gasteiger partial charge is 0.119 e. The zero-order valence-corrected chi connectivity index (χ0v) is 13.3. The van der Waals surface area contributed by atoms with Gasteiger partial charge in [0.05, 0.1) is 26.4 Å². The number of rotatable bonds is 11. The first-order valence-corrected chi connectivity index (χ1v) is 7.90. The van der Waals surface area contributed by atoms with Crippen LogP contribution in [0.4, 0.5) is 0 Å². The molecular weight excluding hydrogens is 292 g/mol. The van der Waals surface area contributed by atoms with Gasteiger partial charge in [0.1, 0.15) is 11.9 Å². The highest BCUT2D eigenvalue weighted by Gasteiger charge is 2.08. The molecule has 1 atom stereocenters. The van der Waals surface area contributed by atoms with Gasteiger partial charge in [0.2, 0.25) is 0 Å². The molecule has 2 aromatic rings. The molecule has 124 valence electrons. The van der Waals surface area contributed by atoms with Gasteiger partial charge < -0.3 is 19.3 Å². The van der Waals surface area contributed by atoms with Crippen LogP contribution in [0.2, 0.25) is 0 Å². The first-order valence-electron chi connectivity index (χ1n) is 7.90. The lowest BCUT2D eigenvalue weighted by Crippen LogP contribution is -2.24. The standard InChI is InChI=1S/C19H24O4/c20-14-19(23-15-17-8-3-1-4-9-17)16-21-12-7-13-22-18-10-5-2-6-11-18/h1-6,8-11,19-20H,7,12-16H2/t19-/m1/s1. The van der Waals surface area contributed by atoms with Crippen molar-refractivity contribution in [3.8, 4) is 5.75 Å². The number of aliphatic hydroxyl groups is 1. The normalized spacial score (nSPS) is 12.0. The monoisotopic (exact) mass is 316 g/mol. The van der Waals surface area contributed by atoms with Gasteiger partial charge in [-0.05, 0) is 17.7 Å². The molecule has 2 rings (SSSR count). The van der Waals surface area contributed by atoms with E-state index in [1.54, 1.807) is 0 Å². The van der Waals surface area contributed by atoms with Gasteiger partial charge in [-0.25, -0.2) is 0 Å². The second kappa shape index (κ2) is 10.8. The van der Waals surface area contributed by atoms with E-state index in [1.807, 2.05) is 60.7 Å². The Kier molecular flexibility index (Phi) is 8.19. The fourth-order valence-electron chi connectivity index (χ4n) is 2.02. The Morgan fingerprint density at radius 3 is 2.26 bits per heavy atom. The summed E-state index contributed by atoms with van der Waals surface area (Å²) in [5.41, 5.74) is 1.09. The number of aliphatic hydroxyl groups excluding tert-OH is 1. The highest BCUT2D eigenvalue weighted by Crippen LogP contribution is 2.08. The Labute approximate surface area is 137 Å². The first kappa shape index (κ1) is 17.5. The lowest BCUT2D eigenvalue weighted by molar-refractivity contribution is -0.0509. The minimum atomic E-state index is -0.301. The van der Waals surface area contributed by atoms with Crippen LogP contribution in [-0.2, 0) is 16.1 Å². The molecule has 0 aliphatic carbocycles. The van der Waals surface area contributed by atoms with Crippen molar-refractivity contribution >= 4 is 0 Å². The molecule has 0 unspecified atom stereocenters. The van der Waals surface area contributed by atoms with E-state index in [0.29, 0.717) is 26.4 Å². The zero-order valence-electron chi connectivity index (χ0n) is 13.3. The minimum absolute atomic E-state index is 0.0483. The molecule has 0 fully saturated rings. The van der Waals surface area contributed by atoms with E-state index in [1.165, 1.54) is 0 Å². The number of hydrogen-bond acceptors (Lipinski definition) is 4. The van der Waals surface area contributed by atoms with Gasteiger partial charge in [-0.3, -0.25) is 0 Å². The fraction of sp³-hybridized carbons (Fsp3) is 0.368. The summed E-state index contributed by atoms with van der Waals surface area (Å²) in [6.45, 7) is 2.01. The Bertz CT molecular complexity index is 515. The van der Waals surface area contributed by atoms with E-state index in [-0.39, 0.29) is 12.7 Å². The van der Waals surface area contributed by atoms with Crippen molar-refractivity contribution in [3.05, 3.63) is 66.2 Å². The van der Waals surface area contributed by atoms with E-state index >= 15 is 0 Å². The molecule has 0 saturated carbocycles. The maximum atomic E-state index is 9.33. The average molecular weight is 316 g/mol. The summed E-state index contributed by atoms with van der Waals surface area (Å²) in [5, 5.41) is 9.33. The molecule has 0 saturated heterocycles. The molecule has 2 aromatic carbocycles. The highest BCUT2D eigenvalue weighted by atomic mass is 16.5. The van der Waals surface area contributed by atoms with Crippen molar-refractivity contribution in [2.45, 2.75) is 19.1 Å². The number of hydrogen-bond donors (Lipinski definition) is 1. The van der Waals surface area contributed by atoms with Crippen molar-refractivity contribution in [1.29, 1.82) is 0 Å². The molecule has 0 amide bonds. The van der Waals surface area contributed by atoms with Gasteiger partial charge in [-0.2, -0.15) is 0 Å². The van der Waals surface area contributed by atoms with Gasteiger partial charge in [0.15, 0.2) is 0 Å². The summed E-state index contributed by atoms with van der Waals surface area (Å²) < 4.78 is 16.8. The maximum Gasteiger partial charge on any atom is 0.119 e. The van der Waals surface area contributed by atoms with Crippen LogP contribution in [0.15, 0.2) is 60.7 Å². The molecule has 0 aromatic heterocycles. The van der Waals surface area contributed by atoms with Crippen LogP contribution in [0, 0.1) is 0 Å². The summed E-state index contributed by atoms with van der Waals surface area (Å²) in [6, 6.07) is 19.6. The van der Waals surface area contributed by atoms with E-state index < -0.39 is 0 Å². The molecule has 4 nitrogen and oxygen atoms in total. The van der Waals surface area contributed by atoms with Gasteiger partial charge >= 0.3 is 0 Å². The number of para-hydroxylation sites is 1. The van der Waals surface area contributed by atoms with Crippen molar-refractivity contribution in [2.24, 2.45) is 0 Å². The van der Waals surface area contributed by atoms with Crippen LogP contribution in [0.1, 0.15) is 12.0 Å². The molecule has 0 aliphatic heterocycles. The molecule has 0 spiro atoms. The molecule has 23 heavy (non-hydrogen) atoms. The third-order valence-electron chi connectivity index (χ3n) is 3.28. The summed E-state index contributed by atoms with van der Waals surface area (Å²) in [5.74, 6) is 0.868. The third kappa shape index (κ3) is 7.28. The molecule has 0 heterocycles. The van der Waals surface area contributed by atoms with Gasteiger partial charge in [-0.15, -0.1) is 0 Å². The van der Waals surface area contributed by atoms with Crippen molar-refractivity contribution < 1.29 is 19.3 Å². The predicted octanol–water partition coefficient (Wildman–Crippen LogP) is 3.05. The first-order chi connectivity index (χ1) is 11.4. The summed E-state index contributed by atoms with van der Waals surface area (Å²) >= 11 is 0. The van der Waals surface area contributed by atoms with Crippen molar-refractivity contribution in [3.63, 3.8) is 0 Å². The highest BCUT2D eigenvalue weighted by molar-refractivity contribution is 5.20. The van der Waals surface area contributed by atoms with E-state index in [0.717, 1.165) is 17.7 Å². The summed E-state index contributed by atoms with van der Waals surface area (Å²) in [7, 11) is 0. The second-order valence-corrected chi connectivity index (χ2v) is 5.19. The van der Waals surface area contributed by atoms with Gasteiger partial charge in [0.25, 0.3) is 0 Å². The molecular formula is C19H24O4. The summed E-state index contributed by atoms with van der Waals surface area (Å²) in [4.78, 5) is 0. The molecule has 0 bridgehead atoms.